The first-order chi connectivity index (χ1) is 15.1. The quantitative estimate of drug-likeness (QED) is 0.406. The van der Waals surface area contributed by atoms with E-state index in [1.165, 1.54) is 11.1 Å². The third-order valence-corrected chi connectivity index (χ3v) is 5.52. The minimum absolute atomic E-state index is 0.0325. The van der Waals surface area contributed by atoms with Crippen molar-refractivity contribution in [1.82, 2.24) is 0 Å². The number of hydrogen-bond donors (Lipinski definition) is 1. The highest BCUT2D eigenvalue weighted by molar-refractivity contribution is 5.40. The predicted octanol–water partition coefficient (Wildman–Crippen LogP) is 5.77. The van der Waals surface area contributed by atoms with Gasteiger partial charge in [-0.2, -0.15) is 0 Å². The van der Waals surface area contributed by atoms with E-state index in [2.05, 4.69) is 68.4 Å². The zero-order chi connectivity index (χ0) is 21.9. The zero-order valence-electron chi connectivity index (χ0n) is 18.7. The fraction of sp³-hybridized carbons (Fsp3) is 0.357. The summed E-state index contributed by atoms with van der Waals surface area (Å²) in [6.45, 7) is 5.53. The van der Waals surface area contributed by atoms with E-state index >= 15 is 0 Å². The molecular formula is C28H34O3. The van der Waals surface area contributed by atoms with E-state index in [0.717, 1.165) is 30.4 Å². The molecule has 3 aromatic carbocycles. The van der Waals surface area contributed by atoms with Gasteiger partial charge in [0.2, 0.25) is 0 Å². The van der Waals surface area contributed by atoms with Crippen molar-refractivity contribution in [3.63, 3.8) is 0 Å². The number of benzene rings is 3. The molecule has 0 heterocycles. The van der Waals surface area contributed by atoms with Gasteiger partial charge >= 0.3 is 0 Å². The van der Waals surface area contributed by atoms with Crippen LogP contribution in [0.15, 0.2) is 78.9 Å². The first-order valence-electron chi connectivity index (χ1n) is 11.2. The van der Waals surface area contributed by atoms with Crippen LogP contribution < -0.4 is 0 Å². The smallest absolute Gasteiger partial charge is 0.119 e. The van der Waals surface area contributed by atoms with Crippen LogP contribution in [0.25, 0.3) is 0 Å². The Hall–Kier alpha value is -2.62. The lowest BCUT2D eigenvalue weighted by Gasteiger charge is -2.19. The summed E-state index contributed by atoms with van der Waals surface area (Å²) in [7, 11) is 0. The van der Waals surface area contributed by atoms with E-state index in [9.17, 15) is 5.11 Å². The van der Waals surface area contributed by atoms with E-state index in [4.69, 9.17) is 9.47 Å². The highest BCUT2D eigenvalue weighted by Gasteiger charge is 2.15. The van der Waals surface area contributed by atoms with Gasteiger partial charge in [-0.25, -0.2) is 0 Å². The minimum Gasteiger partial charge on any atom is -0.508 e. The minimum atomic E-state index is 0.0325. The number of phenols is 1. The molecule has 0 saturated heterocycles. The first kappa shape index (κ1) is 23.1. The molecule has 3 nitrogen and oxygen atoms in total. The largest absolute Gasteiger partial charge is 0.508 e. The molecule has 3 aromatic rings. The zero-order valence-corrected chi connectivity index (χ0v) is 18.7. The third kappa shape index (κ3) is 7.86. The fourth-order valence-electron chi connectivity index (χ4n) is 3.81. The summed E-state index contributed by atoms with van der Waals surface area (Å²) >= 11 is 0. The molecule has 0 aromatic heterocycles. The average molecular weight is 419 g/mol. The Morgan fingerprint density at radius 1 is 0.645 bits per heavy atom. The topological polar surface area (TPSA) is 38.7 Å². The van der Waals surface area contributed by atoms with Crippen molar-refractivity contribution in [3.05, 3.63) is 101 Å². The molecule has 2 unspecified atom stereocenters. The molecular weight excluding hydrogens is 384 g/mol. The molecule has 2 atom stereocenters. The number of aromatic hydroxyl groups is 1. The Morgan fingerprint density at radius 2 is 1.16 bits per heavy atom. The Balaban J connectivity index is 1.49. The van der Waals surface area contributed by atoms with Gasteiger partial charge in [0.25, 0.3) is 0 Å². The second-order valence-corrected chi connectivity index (χ2v) is 8.16. The maximum Gasteiger partial charge on any atom is 0.119 e. The van der Waals surface area contributed by atoms with Gasteiger partial charge in [0, 0.05) is 6.42 Å². The summed E-state index contributed by atoms with van der Waals surface area (Å²) in [6, 6.07) is 26.5. The van der Waals surface area contributed by atoms with Gasteiger partial charge < -0.3 is 14.6 Å². The molecule has 3 rings (SSSR count). The third-order valence-electron chi connectivity index (χ3n) is 5.52. The molecule has 0 fully saturated rings. The maximum absolute atomic E-state index is 10.5. The molecule has 0 bridgehead atoms. The van der Waals surface area contributed by atoms with Crippen LogP contribution in [0.1, 0.15) is 36.1 Å². The van der Waals surface area contributed by atoms with Crippen molar-refractivity contribution >= 4 is 0 Å². The highest BCUT2D eigenvalue weighted by atomic mass is 16.5. The number of rotatable bonds is 12. The van der Waals surface area contributed by atoms with Crippen LogP contribution >= 0.6 is 0 Å². The van der Waals surface area contributed by atoms with Gasteiger partial charge in [0.1, 0.15) is 5.75 Å². The normalized spacial score (nSPS) is 13.1. The summed E-state index contributed by atoms with van der Waals surface area (Å²) in [5, 5.41) is 10.5. The van der Waals surface area contributed by atoms with Crippen molar-refractivity contribution in [1.29, 1.82) is 0 Å². The summed E-state index contributed by atoms with van der Waals surface area (Å²) < 4.78 is 12.1. The van der Waals surface area contributed by atoms with Gasteiger partial charge in [-0.15, -0.1) is 0 Å². The lowest BCUT2D eigenvalue weighted by molar-refractivity contribution is 0.0645. The van der Waals surface area contributed by atoms with E-state index < -0.39 is 0 Å². The second kappa shape index (κ2) is 12.3. The van der Waals surface area contributed by atoms with Gasteiger partial charge in [-0.1, -0.05) is 72.8 Å². The first-order valence-corrected chi connectivity index (χ1v) is 11.2. The molecule has 0 aliphatic heterocycles. The highest BCUT2D eigenvalue weighted by Crippen LogP contribution is 2.25. The molecule has 0 aliphatic carbocycles. The molecule has 164 valence electrons. The van der Waals surface area contributed by atoms with E-state index in [1.54, 1.807) is 6.07 Å². The van der Waals surface area contributed by atoms with Crippen LogP contribution in [-0.2, 0) is 35.2 Å². The summed E-state index contributed by atoms with van der Waals surface area (Å²) in [5.41, 5.74) is 4.66. The van der Waals surface area contributed by atoms with Crippen molar-refractivity contribution in [2.24, 2.45) is 0 Å². The molecule has 0 amide bonds. The Morgan fingerprint density at radius 3 is 1.71 bits per heavy atom. The predicted molar refractivity (Wildman–Crippen MR) is 127 cm³/mol. The van der Waals surface area contributed by atoms with E-state index in [-0.39, 0.29) is 12.2 Å². The SMILES string of the molecule is CC(Cc1cccc(O)c1CC(C)OCCc1ccccc1)OCCc1ccccc1. The van der Waals surface area contributed by atoms with Crippen LogP contribution in [0.5, 0.6) is 5.75 Å². The number of hydrogen-bond acceptors (Lipinski definition) is 3. The Kier molecular flexibility index (Phi) is 9.14. The van der Waals surface area contributed by atoms with Crippen LogP contribution in [0, 0.1) is 0 Å². The monoisotopic (exact) mass is 418 g/mol. The van der Waals surface area contributed by atoms with Gasteiger partial charge in [-0.3, -0.25) is 0 Å². The van der Waals surface area contributed by atoms with Crippen molar-refractivity contribution in [2.75, 3.05) is 13.2 Å². The van der Waals surface area contributed by atoms with Crippen molar-refractivity contribution in [2.45, 2.75) is 51.7 Å². The average Bonchev–Trinajstić information content (AvgIpc) is 2.78. The Labute approximate surface area is 186 Å². The molecule has 0 radical (unpaired) electrons. The van der Waals surface area contributed by atoms with Gasteiger partial charge in [0.15, 0.2) is 0 Å². The van der Waals surface area contributed by atoms with Crippen LogP contribution in [-0.4, -0.2) is 30.5 Å². The van der Waals surface area contributed by atoms with E-state index in [1.807, 2.05) is 18.2 Å². The number of ether oxygens (including phenoxy) is 2. The van der Waals surface area contributed by atoms with Crippen LogP contribution in [0.2, 0.25) is 0 Å². The molecule has 31 heavy (non-hydrogen) atoms. The van der Waals surface area contributed by atoms with Crippen molar-refractivity contribution in [3.8, 4) is 5.75 Å². The van der Waals surface area contributed by atoms with Crippen molar-refractivity contribution < 1.29 is 14.6 Å². The fourth-order valence-corrected chi connectivity index (χ4v) is 3.81. The molecule has 0 spiro atoms. The molecule has 0 aliphatic rings. The summed E-state index contributed by atoms with van der Waals surface area (Å²) in [4.78, 5) is 0. The van der Waals surface area contributed by atoms with E-state index in [0.29, 0.717) is 25.4 Å². The number of phenolic OH excluding ortho intramolecular Hbond substituents is 1. The standard InChI is InChI=1S/C28H34O3/c1-22(30-18-16-24-10-5-3-6-11-24)20-26-14-9-15-28(29)27(26)21-23(2)31-19-17-25-12-7-4-8-13-25/h3-15,22-23,29H,16-21H2,1-2H3. The maximum atomic E-state index is 10.5. The van der Waals surface area contributed by atoms with Gasteiger partial charge in [-0.05, 0) is 61.4 Å². The van der Waals surface area contributed by atoms with Crippen LogP contribution in [0.4, 0.5) is 0 Å². The van der Waals surface area contributed by atoms with Crippen LogP contribution in [0.3, 0.4) is 0 Å². The molecule has 1 N–H and O–H groups in total. The summed E-state index contributed by atoms with van der Waals surface area (Å²) in [6.07, 6.45) is 3.38. The van der Waals surface area contributed by atoms with Gasteiger partial charge in [0.05, 0.1) is 25.4 Å². The Bertz CT molecular complexity index is 893. The lowest BCUT2D eigenvalue weighted by Crippen LogP contribution is -2.18. The summed E-state index contributed by atoms with van der Waals surface area (Å²) in [5.74, 6) is 0.340. The lowest BCUT2D eigenvalue weighted by atomic mass is 9.97. The second-order valence-electron chi connectivity index (χ2n) is 8.16. The molecule has 3 heteroatoms. The molecule has 0 saturated carbocycles.